The quantitative estimate of drug-likeness (QED) is 0.827. The van der Waals surface area contributed by atoms with Gasteiger partial charge in [0.1, 0.15) is 5.54 Å². The molecule has 0 saturated carbocycles. The van der Waals surface area contributed by atoms with Crippen molar-refractivity contribution in [3.63, 3.8) is 0 Å². The molecule has 0 atom stereocenters. The Morgan fingerprint density at radius 2 is 1.90 bits per heavy atom. The van der Waals surface area contributed by atoms with E-state index in [1.165, 1.54) is 6.20 Å². The van der Waals surface area contributed by atoms with E-state index in [4.69, 9.17) is 23.2 Å². The third-order valence-corrected chi connectivity index (χ3v) is 3.52. The van der Waals surface area contributed by atoms with Crippen molar-refractivity contribution >= 4 is 29.1 Å². The predicted octanol–water partition coefficient (Wildman–Crippen LogP) is 2.33. The summed E-state index contributed by atoms with van der Waals surface area (Å²) in [7, 11) is 0. The van der Waals surface area contributed by atoms with Gasteiger partial charge in [-0.1, -0.05) is 23.2 Å². The van der Waals surface area contributed by atoms with Gasteiger partial charge in [0.2, 0.25) is 5.91 Å². The lowest BCUT2D eigenvalue weighted by Gasteiger charge is -2.24. The van der Waals surface area contributed by atoms with Gasteiger partial charge in [0.25, 0.3) is 0 Å². The molecule has 8 heteroatoms. The molecule has 0 bridgehead atoms. The number of nitrogens with one attached hydrogen (secondary N) is 1. The fourth-order valence-corrected chi connectivity index (χ4v) is 2.12. The highest BCUT2D eigenvalue weighted by Gasteiger charge is 2.30. The molecule has 114 valence electrons. The van der Waals surface area contributed by atoms with Crippen molar-refractivity contribution in [2.75, 3.05) is 6.54 Å². The lowest BCUT2D eigenvalue weighted by molar-refractivity contribution is -0.128. The molecule has 0 aromatic carbocycles. The molecule has 1 N–H and O–H groups in total. The van der Waals surface area contributed by atoms with Gasteiger partial charge in [-0.25, -0.2) is 0 Å². The van der Waals surface area contributed by atoms with Crippen molar-refractivity contribution in [1.29, 1.82) is 0 Å². The van der Waals surface area contributed by atoms with Gasteiger partial charge in [0.15, 0.2) is 0 Å². The minimum atomic E-state index is -0.790. The Balaban J connectivity index is 1.81. The number of halogens is 2. The largest absolute Gasteiger partial charge is 0.354 e. The number of aromatic nitrogens is 4. The topological polar surface area (TPSA) is 64.7 Å². The van der Waals surface area contributed by atoms with Gasteiger partial charge < -0.3 is 5.32 Å². The van der Waals surface area contributed by atoms with Gasteiger partial charge >= 0.3 is 0 Å². The molecule has 0 aliphatic heterocycles. The normalized spacial score (nSPS) is 11.6. The molecule has 2 aromatic rings. The lowest BCUT2D eigenvalue weighted by Crippen LogP contribution is -2.45. The van der Waals surface area contributed by atoms with E-state index in [0.29, 0.717) is 23.1 Å². The summed E-state index contributed by atoms with van der Waals surface area (Å²) in [5, 5.41) is 12.2. The van der Waals surface area contributed by atoms with E-state index in [-0.39, 0.29) is 5.91 Å². The molecule has 2 aromatic heterocycles. The molecule has 2 rings (SSSR count). The van der Waals surface area contributed by atoms with E-state index in [1.54, 1.807) is 41.8 Å². The number of hydrogen-bond donors (Lipinski definition) is 1. The Hall–Kier alpha value is -1.53. The summed E-state index contributed by atoms with van der Waals surface area (Å²) in [6, 6.07) is 0. The van der Waals surface area contributed by atoms with Gasteiger partial charge in [0, 0.05) is 25.5 Å². The molecular formula is C13H17Cl2N5O. The number of aryl methyl sites for hydroxylation is 1. The molecule has 0 radical (unpaired) electrons. The standard InChI is InChI=1S/C13H17Cl2N5O/c1-13(2,20-9-11(15)7-18-20)12(21)16-4-3-5-19-8-10(14)6-17-19/h6-9H,3-5H2,1-2H3,(H,16,21). The molecule has 0 aliphatic rings. The van der Waals surface area contributed by atoms with Crippen LogP contribution in [0.15, 0.2) is 24.8 Å². The zero-order chi connectivity index (χ0) is 15.5. The predicted molar refractivity (Wildman–Crippen MR) is 81.4 cm³/mol. The van der Waals surface area contributed by atoms with Crippen molar-refractivity contribution in [1.82, 2.24) is 24.9 Å². The van der Waals surface area contributed by atoms with Crippen LogP contribution < -0.4 is 5.32 Å². The van der Waals surface area contributed by atoms with Crippen LogP contribution >= 0.6 is 23.2 Å². The zero-order valence-electron chi connectivity index (χ0n) is 11.9. The SMILES string of the molecule is CC(C)(C(=O)NCCCn1cc(Cl)cn1)n1cc(Cl)cn1. The van der Waals surface area contributed by atoms with Crippen LogP contribution in [-0.4, -0.2) is 32.0 Å². The van der Waals surface area contributed by atoms with Gasteiger partial charge in [0.05, 0.1) is 22.4 Å². The molecule has 0 fully saturated rings. The van der Waals surface area contributed by atoms with Crippen molar-refractivity contribution < 1.29 is 4.79 Å². The first-order valence-electron chi connectivity index (χ1n) is 6.56. The maximum absolute atomic E-state index is 12.2. The summed E-state index contributed by atoms with van der Waals surface area (Å²) in [6.45, 7) is 4.83. The second-order valence-corrected chi connectivity index (χ2v) is 6.07. The molecule has 2 heterocycles. The highest BCUT2D eigenvalue weighted by atomic mass is 35.5. The molecule has 0 aliphatic carbocycles. The van der Waals surface area contributed by atoms with Crippen LogP contribution in [0.1, 0.15) is 20.3 Å². The molecule has 0 unspecified atom stereocenters. The summed E-state index contributed by atoms with van der Waals surface area (Å²) in [6.07, 6.45) is 7.24. The van der Waals surface area contributed by atoms with E-state index >= 15 is 0 Å². The Kier molecular flexibility index (Phi) is 4.90. The maximum atomic E-state index is 12.2. The third-order valence-electron chi connectivity index (χ3n) is 3.13. The molecule has 6 nitrogen and oxygen atoms in total. The number of nitrogens with zero attached hydrogens (tertiary/aromatic N) is 4. The van der Waals surface area contributed by atoms with Crippen LogP contribution in [0.2, 0.25) is 10.0 Å². The third kappa shape index (κ3) is 3.98. The second kappa shape index (κ2) is 6.49. The number of amides is 1. The monoisotopic (exact) mass is 329 g/mol. The van der Waals surface area contributed by atoms with Crippen molar-refractivity contribution in [2.24, 2.45) is 0 Å². The zero-order valence-corrected chi connectivity index (χ0v) is 13.4. The first-order valence-corrected chi connectivity index (χ1v) is 7.32. The summed E-state index contributed by atoms with van der Waals surface area (Å²) >= 11 is 11.6. The van der Waals surface area contributed by atoms with Crippen LogP contribution in [-0.2, 0) is 16.9 Å². The van der Waals surface area contributed by atoms with Crippen molar-refractivity contribution in [3.05, 3.63) is 34.8 Å². The van der Waals surface area contributed by atoms with Gasteiger partial charge in [-0.2, -0.15) is 10.2 Å². The summed E-state index contributed by atoms with van der Waals surface area (Å²) in [5.74, 6) is -0.110. The summed E-state index contributed by atoms with van der Waals surface area (Å²) in [5.41, 5.74) is -0.790. The average molecular weight is 330 g/mol. The number of carbonyl (C=O) groups is 1. The number of rotatable bonds is 6. The molecule has 0 spiro atoms. The minimum absolute atomic E-state index is 0.110. The minimum Gasteiger partial charge on any atom is -0.354 e. The Bertz CT molecular complexity index is 620. The Labute approximate surface area is 133 Å². The highest BCUT2D eigenvalue weighted by molar-refractivity contribution is 6.30. The van der Waals surface area contributed by atoms with Crippen molar-refractivity contribution in [3.8, 4) is 0 Å². The van der Waals surface area contributed by atoms with Crippen LogP contribution in [0, 0.1) is 0 Å². The van der Waals surface area contributed by atoms with Gasteiger partial charge in [-0.05, 0) is 20.3 Å². The van der Waals surface area contributed by atoms with Crippen molar-refractivity contribution in [2.45, 2.75) is 32.4 Å². The first-order chi connectivity index (χ1) is 9.89. The van der Waals surface area contributed by atoms with E-state index in [1.807, 2.05) is 0 Å². The van der Waals surface area contributed by atoms with Crippen LogP contribution in [0.25, 0.3) is 0 Å². The fraction of sp³-hybridized carbons (Fsp3) is 0.462. The molecule has 0 saturated heterocycles. The van der Waals surface area contributed by atoms with Crippen LogP contribution in [0.5, 0.6) is 0 Å². The van der Waals surface area contributed by atoms with E-state index in [9.17, 15) is 4.79 Å². The molecule has 1 amide bonds. The van der Waals surface area contributed by atoms with E-state index < -0.39 is 5.54 Å². The molecular weight excluding hydrogens is 313 g/mol. The number of carbonyl (C=O) groups excluding carboxylic acids is 1. The van der Waals surface area contributed by atoms with Crippen LogP contribution in [0.4, 0.5) is 0 Å². The molecule has 21 heavy (non-hydrogen) atoms. The number of hydrogen-bond acceptors (Lipinski definition) is 3. The summed E-state index contributed by atoms with van der Waals surface area (Å²) in [4.78, 5) is 12.2. The Morgan fingerprint density at radius 1 is 1.24 bits per heavy atom. The maximum Gasteiger partial charge on any atom is 0.247 e. The van der Waals surface area contributed by atoms with Crippen LogP contribution in [0.3, 0.4) is 0 Å². The van der Waals surface area contributed by atoms with Gasteiger partial charge in [-0.15, -0.1) is 0 Å². The first kappa shape index (κ1) is 15.9. The average Bonchev–Trinajstić information content (AvgIpc) is 3.03. The van der Waals surface area contributed by atoms with E-state index in [0.717, 1.165) is 6.42 Å². The highest BCUT2D eigenvalue weighted by Crippen LogP contribution is 2.17. The second-order valence-electron chi connectivity index (χ2n) is 5.19. The lowest BCUT2D eigenvalue weighted by atomic mass is 10.1. The Morgan fingerprint density at radius 3 is 2.48 bits per heavy atom. The van der Waals surface area contributed by atoms with E-state index in [2.05, 4.69) is 15.5 Å². The smallest absolute Gasteiger partial charge is 0.247 e. The van der Waals surface area contributed by atoms with Gasteiger partial charge in [-0.3, -0.25) is 14.2 Å². The fourth-order valence-electron chi connectivity index (χ4n) is 1.83. The summed E-state index contributed by atoms with van der Waals surface area (Å²) < 4.78 is 3.30.